The van der Waals surface area contributed by atoms with Crippen molar-refractivity contribution in [2.45, 2.75) is 11.5 Å². The van der Waals surface area contributed by atoms with E-state index in [0.29, 0.717) is 15.2 Å². The maximum absolute atomic E-state index is 11.8. The molecular weight excluding hydrogens is 334 g/mol. The zero-order valence-electron chi connectivity index (χ0n) is 8.57. The molecule has 4 nitrogen and oxygen atoms in total. The lowest BCUT2D eigenvalue weighted by Crippen LogP contribution is -2.25. The molecule has 1 rings (SSSR count). The van der Waals surface area contributed by atoms with Crippen LogP contribution in [0.25, 0.3) is 0 Å². The van der Waals surface area contributed by atoms with Crippen LogP contribution >= 0.6 is 39.0 Å². The van der Waals surface area contributed by atoms with Gasteiger partial charge in [-0.15, -0.1) is 11.3 Å². The highest BCUT2D eigenvalue weighted by molar-refractivity contribution is 9.11. The van der Waals surface area contributed by atoms with Crippen LogP contribution in [0, 0.1) is 0 Å². The van der Waals surface area contributed by atoms with E-state index in [1.54, 1.807) is 11.8 Å². The lowest BCUT2D eigenvalue weighted by atomic mass is 10.5. The molecule has 92 valence electrons. The third-order valence-corrected chi connectivity index (χ3v) is 6.06. The molecule has 0 aliphatic heterocycles. The first-order chi connectivity index (χ1) is 7.51. The number of hydrogen-bond acceptors (Lipinski definition) is 5. The Morgan fingerprint density at radius 3 is 2.81 bits per heavy atom. The highest BCUT2D eigenvalue weighted by Gasteiger charge is 2.19. The quantitative estimate of drug-likeness (QED) is 0.769. The summed E-state index contributed by atoms with van der Waals surface area (Å²) in [4.78, 5) is 0.819. The van der Waals surface area contributed by atoms with Crippen molar-refractivity contribution in [1.29, 1.82) is 0 Å². The second kappa shape index (κ2) is 6.36. The first kappa shape index (κ1) is 14.5. The van der Waals surface area contributed by atoms with E-state index in [-0.39, 0.29) is 11.5 Å². The van der Waals surface area contributed by atoms with Crippen LogP contribution in [0.15, 0.2) is 14.7 Å². The van der Waals surface area contributed by atoms with Crippen molar-refractivity contribution < 1.29 is 13.5 Å². The summed E-state index contributed by atoms with van der Waals surface area (Å²) in [6, 6.07) is 1.48. The van der Waals surface area contributed by atoms with Crippen LogP contribution in [0.5, 0.6) is 0 Å². The van der Waals surface area contributed by atoms with E-state index in [1.165, 1.54) is 17.4 Å². The minimum Gasteiger partial charge on any atom is -0.391 e. The number of thiophene rings is 1. The van der Waals surface area contributed by atoms with Crippen molar-refractivity contribution in [3.8, 4) is 0 Å². The molecule has 0 aliphatic rings. The van der Waals surface area contributed by atoms with Gasteiger partial charge >= 0.3 is 0 Å². The van der Waals surface area contributed by atoms with Gasteiger partial charge in [0, 0.05) is 17.2 Å². The average Bonchev–Trinajstić information content (AvgIpc) is 2.60. The molecule has 0 aliphatic carbocycles. The molecule has 0 amide bonds. The number of rotatable bonds is 6. The number of thioether (sulfide) groups is 1. The van der Waals surface area contributed by atoms with Crippen molar-refractivity contribution in [3.63, 3.8) is 0 Å². The zero-order chi connectivity index (χ0) is 12.2. The summed E-state index contributed by atoms with van der Waals surface area (Å²) in [6.07, 6.45) is 1.92. The zero-order valence-corrected chi connectivity index (χ0v) is 12.6. The molecule has 0 fully saturated rings. The Labute approximate surface area is 112 Å². The molecule has 1 aromatic heterocycles. The van der Waals surface area contributed by atoms with E-state index in [4.69, 9.17) is 5.11 Å². The fourth-order valence-electron chi connectivity index (χ4n) is 1.01. The standard InChI is InChI=1S/C8H12BrNO3S3/c1-14-3-2-10-16(12,13)7-4-6(5-11)15-8(7)9/h4,10-11H,2-3,5H2,1H3. The molecule has 1 aromatic rings. The van der Waals surface area contributed by atoms with E-state index in [9.17, 15) is 8.42 Å². The van der Waals surface area contributed by atoms with Gasteiger partial charge in [-0.25, -0.2) is 13.1 Å². The second-order valence-corrected chi connectivity index (χ2v) is 8.07. The first-order valence-corrected chi connectivity index (χ1v) is 8.87. The van der Waals surface area contributed by atoms with Crippen molar-refractivity contribution in [3.05, 3.63) is 14.7 Å². The maximum Gasteiger partial charge on any atom is 0.242 e. The minimum absolute atomic E-state index is 0.149. The van der Waals surface area contributed by atoms with E-state index >= 15 is 0 Å². The maximum atomic E-state index is 11.8. The van der Waals surface area contributed by atoms with Crippen LogP contribution in [0.1, 0.15) is 4.88 Å². The fourth-order valence-corrected chi connectivity index (χ4v) is 5.02. The predicted molar refractivity (Wildman–Crippen MR) is 71.5 cm³/mol. The molecule has 16 heavy (non-hydrogen) atoms. The van der Waals surface area contributed by atoms with E-state index in [0.717, 1.165) is 5.75 Å². The summed E-state index contributed by atoms with van der Waals surface area (Å²) in [5.41, 5.74) is 0. The largest absolute Gasteiger partial charge is 0.391 e. The van der Waals surface area contributed by atoms with Gasteiger partial charge in [0.25, 0.3) is 0 Å². The van der Waals surface area contributed by atoms with Crippen LogP contribution in [-0.2, 0) is 16.6 Å². The van der Waals surface area contributed by atoms with Crippen LogP contribution in [-0.4, -0.2) is 32.1 Å². The molecule has 0 unspecified atom stereocenters. The van der Waals surface area contributed by atoms with Crippen molar-refractivity contribution in [2.75, 3.05) is 18.6 Å². The molecule has 8 heteroatoms. The highest BCUT2D eigenvalue weighted by Crippen LogP contribution is 2.31. The molecule has 0 saturated carbocycles. The van der Waals surface area contributed by atoms with Crippen LogP contribution in [0.4, 0.5) is 0 Å². The van der Waals surface area contributed by atoms with E-state index in [1.807, 2.05) is 6.26 Å². The second-order valence-electron chi connectivity index (χ2n) is 2.90. The monoisotopic (exact) mass is 345 g/mol. The summed E-state index contributed by atoms with van der Waals surface area (Å²) in [5, 5.41) is 8.93. The molecule has 0 bridgehead atoms. The van der Waals surface area contributed by atoms with E-state index < -0.39 is 10.0 Å². The normalized spacial score (nSPS) is 11.9. The van der Waals surface area contributed by atoms with Crippen molar-refractivity contribution in [1.82, 2.24) is 4.72 Å². The summed E-state index contributed by atoms with van der Waals surface area (Å²) in [6.45, 7) is 0.254. The van der Waals surface area contributed by atoms with Gasteiger partial charge in [-0.2, -0.15) is 11.8 Å². The van der Waals surface area contributed by atoms with Crippen molar-refractivity contribution >= 4 is 49.1 Å². The topological polar surface area (TPSA) is 66.4 Å². The molecular formula is C8H12BrNO3S3. The van der Waals surface area contributed by atoms with Crippen molar-refractivity contribution in [2.24, 2.45) is 0 Å². The SMILES string of the molecule is CSCCNS(=O)(=O)c1cc(CO)sc1Br. The van der Waals surface area contributed by atoms with Crippen LogP contribution in [0.3, 0.4) is 0 Å². The number of aliphatic hydroxyl groups excluding tert-OH is 1. The summed E-state index contributed by atoms with van der Waals surface area (Å²) >= 11 is 5.98. The molecule has 0 saturated heterocycles. The third kappa shape index (κ3) is 3.71. The average molecular weight is 346 g/mol. The van der Waals surface area contributed by atoms with Gasteiger partial charge in [0.1, 0.15) is 4.90 Å². The Bertz CT molecular complexity index is 443. The number of halogens is 1. The summed E-state index contributed by atoms with van der Waals surface area (Å²) in [7, 11) is -3.46. The molecule has 0 spiro atoms. The predicted octanol–water partition coefficient (Wildman–Crippen LogP) is 1.64. The summed E-state index contributed by atoms with van der Waals surface area (Å²) in [5.74, 6) is 0.730. The van der Waals surface area contributed by atoms with Gasteiger partial charge in [0.15, 0.2) is 0 Å². The minimum atomic E-state index is -3.46. The van der Waals surface area contributed by atoms with Gasteiger partial charge in [0.2, 0.25) is 10.0 Å². The lowest BCUT2D eigenvalue weighted by Gasteiger charge is -2.04. The Morgan fingerprint density at radius 2 is 2.31 bits per heavy atom. The van der Waals surface area contributed by atoms with Gasteiger partial charge in [0.05, 0.1) is 10.4 Å². The third-order valence-electron chi connectivity index (χ3n) is 1.75. The fraction of sp³-hybridized carbons (Fsp3) is 0.500. The Morgan fingerprint density at radius 1 is 1.62 bits per heavy atom. The van der Waals surface area contributed by atoms with E-state index in [2.05, 4.69) is 20.7 Å². The summed E-state index contributed by atoms with van der Waals surface area (Å²) < 4.78 is 26.7. The molecule has 2 N–H and O–H groups in total. The van der Waals surface area contributed by atoms with Gasteiger partial charge in [-0.3, -0.25) is 0 Å². The Hall–Kier alpha value is 0.400. The smallest absolute Gasteiger partial charge is 0.242 e. The van der Waals surface area contributed by atoms with Gasteiger partial charge in [-0.1, -0.05) is 0 Å². The number of nitrogens with one attached hydrogen (secondary N) is 1. The highest BCUT2D eigenvalue weighted by atomic mass is 79.9. The van der Waals surface area contributed by atoms with Gasteiger partial charge in [-0.05, 0) is 28.3 Å². The molecule has 0 atom stereocenters. The lowest BCUT2D eigenvalue weighted by molar-refractivity contribution is 0.285. The Balaban J connectivity index is 2.85. The van der Waals surface area contributed by atoms with Crippen LogP contribution in [0.2, 0.25) is 0 Å². The molecule has 0 aromatic carbocycles. The molecule has 0 radical (unpaired) electrons. The van der Waals surface area contributed by atoms with Gasteiger partial charge < -0.3 is 5.11 Å². The number of aliphatic hydroxyl groups is 1. The number of hydrogen-bond donors (Lipinski definition) is 2. The van der Waals surface area contributed by atoms with Crippen LogP contribution < -0.4 is 4.72 Å². The first-order valence-electron chi connectivity index (χ1n) is 4.39. The molecule has 1 heterocycles. The number of sulfonamides is 1. The Kier molecular flexibility index (Phi) is 5.75.